The van der Waals surface area contributed by atoms with Crippen molar-refractivity contribution in [3.8, 4) is 0 Å². The number of halogens is 1. The van der Waals surface area contributed by atoms with E-state index < -0.39 is 34.5 Å². The molecule has 0 aromatic heterocycles. The molecule has 0 unspecified atom stereocenters. The molecule has 5 rings (SSSR count). The number of carbonyl (C=O) groups is 3. The zero-order valence-electron chi connectivity index (χ0n) is 16.8. The van der Waals surface area contributed by atoms with Gasteiger partial charge in [-0.2, -0.15) is 5.01 Å². The minimum atomic E-state index is -0.609. The summed E-state index contributed by atoms with van der Waals surface area (Å²) in [5, 5.41) is 13.9. The summed E-state index contributed by atoms with van der Waals surface area (Å²) >= 11 is 5.93. The lowest BCUT2D eigenvalue weighted by Crippen LogP contribution is -2.50. The van der Waals surface area contributed by atoms with Gasteiger partial charge in [0.25, 0.3) is 23.4 Å². The van der Waals surface area contributed by atoms with Crippen LogP contribution in [-0.4, -0.2) is 32.7 Å². The highest BCUT2D eigenvalue weighted by Gasteiger charge is 2.61. The molecule has 2 aliphatic carbocycles. The minimum absolute atomic E-state index is 0.0232. The third kappa shape index (κ3) is 3.10. The molecular formula is C23H18ClN3O5. The van der Waals surface area contributed by atoms with Crippen LogP contribution in [0.2, 0.25) is 5.02 Å². The van der Waals surface area contributed by atoms with Crippen LogP contribution in [0.15, 0.2) is 60.7 Å². The number of amides is 3. The second kappa shape index (κ2) is 7.56. The molecular weight excluding hydrogens is 434 g/mol. The lowest BCUT2D eigenvalue weighted by atomic mass is 9.85. The van der Waals surface area contributed by atoms with Gasteiger partial charge >= 0.3 is 0 Å². The second-order valence-corrected chi connectivity index (χ2v) is 8.68. The maximum atomic E-state index is 13.5. The summed E-state index contributed by atoms with van der Waals surface area (Å²) in [5.41, 5.74) is 0.243. The largest absolute Gasteiger partial charge is 0.274 e. The number of imide groups is 1. The van der Waals surface area contributed by atoms with Crippen molar-refractivity contribution >= 4 is 35.0 Å². The fraction of sp³-hybridized carbons (Fsp3) is 0.261. The summed E-state index contributed by atoms with van der Waals surface area (Å²) in [6.45, 7) is -0.293. The van der Waals surface area contributed by atoms with Gasteiger partial charge in [0, 0.05) is 16.7 Å². The highest BCUT2D eigenvalue weighted by atomic mass is 35.5. The number of allylic oxidation sites excluding steroid dienone is 2. The molecule has 1 heterocycles. The number of rotatable bonds is 5. The summed E-state index contributed by atoms with van der Waals surface area (Å²) in [5.74, 6) is -2.51. The van der Waals surface area contributed by atoms with Crippen LogP contribution in [0.5, 0.6) is 0 Å². The smallest absolute Gasteiger partial charge is 0.272 e. The van der Waals surface area contributed by atoms with Crippen LogP contribution in [0.1, 0.15) is 22.3 Å². The fourth-order valence-corrected chi connectivity index (χ4v) is 5.21. The molecule has 162 valence electrons. The van der Waals surface area contributed by atoms with E-state index in [0.717, 1.165) is 16.4 Å². The Kier molecular flexibility index (Phi) is 4.82. The zero-order chi connectivity index (χ0) is 22.6. The molecule has 2 fully saturated rings. The van der Waals surface area contributed by atoms with Gasteiger partial charge in [0.2, 0.25) is 0 Å². The van der Waals surface area contributed by atoms with Crippen LogP contribution in [-0.2, 0) is 16.1 Å². The highest BCUT2D eigenvalue weighted by Crippen LogP contribution is 2.53. The van der Waals surface area contributed by atoms with Gasteiger partial charge < -0.3 is 0 Å². The summed E-state index contributed by atoms with van der Waals surface area (Å²) in [4.78, 5) is 51.1. The Morgan fingerprint density at radius 3 is 2.22 bits per heavy atom. The van der Waals surface area contributed by atoms with Gasteiger partial charge in [-0.25, -0.2) is 5.01 Å². The Morgan fingerprint density at radius 1 is 1.03 bits per heavy atom. The molecule has 2 aromatic rings. The molecule has 32 heavy (non-hydrogen) atoms. The quantitative estimate of drug-likeness (QED) is 0.299. The van der Waals surface area contributed by atoms with Crippen molar-refractivity contribution in [1.82, 2.24) is 10.0 Å². The molecule has 0 N–H and O–H groups in total. The standard InChI is InChI=1S/C23H18ClN3O5/c24-17-9-7-13(8-10-17)21(28)25(12-16-3-1-2-4-18(16)27(31)32)26-22(29)19-14-5-6-15(11-14)20(19)23(26)30/h1-10,14-15,19-20H,11-12H2/t14-,15-,19-,20-/m0/s1. The van der Waals surface area contributed by atoms with Gasteiger partial charge in [-0.3, -0.25) is 24.5 Å². The van der Waals surface area contributed by atoms with Crippen molar-refractivity contribution in [3.63, 3.8) is 0 Å². The Balaban J connectivity index is 1.55. The average Bonchev–Trinajstić information content (AvgIpc) is 3.46. The Morgan fingerprint density at radius 2 is 1.62 bits per heavy atom. The number of fused-ring (bicyclic) bond motifs is 5. The predicted molar refractivity (Wildman–Crippen MR) is 114 cm³/mol. The van der Waals surface area contributed by atoms with Crippen LogP contribution >= 0.6 is 11.6 Å². The first kappa shape index (κ1) is 20.4. The Labute approximate surface area is 188 Å². The highest BCUT2D eigenvalue weighted by molar-refractivity contribution is 6.30. The third-order valence-corrected chi connectivity index (χ3v) is 6.77. The molecule has 1 saturated carbocycles. The lowest BCUT2D eigenvalue weighted by Gasteiger charge is -2.31. The number of carbonyl (C=O) groups excluding carboxylic acids is 3. The summed E-state index contributed by atoms with van der Waals surface area (Å²) in [6, 6.07) is 12.0. The first-order valence-electron chi connectivity index (χ1n) is 10.2. The Bertz CT molecular complexity index is 1150. The Hall–Kier alpha value is -3.52. The van der Waals surface area contributed by atoms with Crippen LogP contribution in [0, 0.1) is 33.8 Å². The number of nitro benzene ring substituents is 1. The number of nitro groups is 1. The maximum Gasteiger partial charge on any atom is 0.274 e. The van der Waals surface area contributed by atoms with Crippen LogP contribution in [0.25, 0.3) is 0 Å². The molecule has 8 nitrogen and oxygen atoms in total. The van der Waals surface area contributed by atoms with Gasteiger partial charge in [-0.15, -0.1) is 0 Å². The SMILES string of the molecule is O=C(c1ccc(Cl)cc1)N(Cc1ccccc1[N+](=O)[O-])N1C(=O)[C@@H]2[C@@H](C1=O)[C@H]1C=C[C@H]2C1. The second-order valence-electron chi connectivity index (χ2n) is 8.24. The van der Waals surface area contributed by atoms with Crippen LogP contribution in [0.4, 0.5) is 5.69 Å². The summed E-state index contributed by atoms with van der Waals surface area (Å²) < 4.78 is 0. The number of nitrogens with zero attached hydrogens (tertiary/aromatic N) is 3. The topological polar surface area (TPSA) is 101 Å². The maximum absolute atomic E-state index is 13.5. The van der Waals surface area contributed by atoms with Crippen molar-refractivity contribution in [3.05, 3.63) is 86.9 Å². The van der Waals surface area contributed by atoms with E-state index in [2.05, 4.69) is 0 Å². The first-order valence-corrected chi connectivity index (χ1v) is 10.6. The monoisotopic (exact) mass is 451 g/mol. The summed E-state index contributed by atoms with van der Waals surface area (Å²) in [6.07, 6.45) is 4.69. The van der Waals surface area contributed by atoms with E-state index in [-0.39, 0.29) is 35.2 Å². The molecule has 1 saturated heterocycles. The zero-order valence-corrected chi connectivity index (χ0v) is 17.5. The van der Waals surface area contributed by atoms with Gasteiger partial charge in [0.1, 0.15) is 0 Å². The van der Waals surface area contributed by atoms with E-state index in [9.17, 15) is 24.5 Å². The number of hydrogen-bond acceptors (Lipinski definition) is 5. The van der Waals surface area contributed by atoms with Crippen LogP contribution < -0.4 is 0 Å². The van der Waals surface area contributed by atoms with Crippen molar-refractivity contribution in [2.24, 2.45) is 23.7 Å². The normalized spacial score (nSPS) is 25.3. The number of para-hydroxylation sites is 1. The van der Waals surface area contributed by atoms with E-state index in [4.69, 9.17) is 11.6 Å². The molecule has 4 atom stereocenters. The number of hydrazine groups is 1. The summed E-state index contributed by atoms with van der Waals surface area (Å²) in [7, 11) is 0. The van der Waals surface area contributed by atoms with Gasteiger partial charge in [-0.1, -0.05) is 42.0 Å². The van der Waals surface area contributed by atoms with E-state index in [1.54, 1.807) is 6.07 Å². The molecule has 2 aromatic carbocycles. The van der Waals surface area contributed by atoms with E-state index in [1.807, 2.05) is 12.2 Å². The minimum Gasteiger partial charge on any atom is -0.272 e. The molecule has 0 spiro atoms. The van der Waals surface area contributed by atoms with E-state index in [1.165, 1.54) is 42.5 Å². The van der Waals surface area contributed by atoms with Gasteiger partial charge in [-0.05, 0) is 42.5 Å². The van der Waals surface area contributed by atoms with Gasteiger partial charge in [0.05, 0.1) is 28.9 Å². The third-order valence-electron chi connectivity index (χ3n) is 6.52. The van der Waals surface area contributed by atoms with Crippen molar-refractivity contribution in [2.45, 2.75) is 13.0 Å². The number of hydrogen-bond donors (Lipinski definition) is 0. The van der Waals surface area contributed by atoms with Crippen molar-refractivity contribution in [2.75, 3.05) is 0 Å². The van der Waals surface area contributed by atoms with Gasteiger partial charge in [0.15, 0.2) is 0 Å². The first-order chi connectivity index (χ1) is 15.4. The van der Waals surface area contributed by atoms with Crippen molar-refractivity contribution < 1.29 is 19.3 Å². The molecule has 2 bridgehead atoms. The van der Waals surface area contributed by atoms with Crippen LogP contribution in [0.3, 0.4) is 0 Å². The predicted octanol–water partition coefficient (Wildman–Crippen LogP) is 3.61. The average molecular weight is 452 g/mol. The van der Waals surface area contributed by atoms with E-state index >= 15 is 0 Å². The molecule has 9 heteroatoms. The lowest BCUT2D eigenvalue weighted by molar-refractivity contribution is -0.385. The van der Waals surface area contributed by atoms with Crippen molar-refractivity contribution in [1.29, 1.82) is 0 Å². The molecule has 3 amide bonds. The molecule has 1 aliphatic heterocycles. The molecule has 0 radical (unpaired) electrons. The molecule has 3 aliphatic rings. The van der Waals surface area contributed by atoms with E-state index in [0.29, 0.717) is 5.02 Å². The fourth-order valence-electron chi connectivity index (χ4n) is 5.08. The number of benzene rings is 2.